The predicted molar refractivity (Wildman–Crippen MR) is 201 cm³/mol. The molecule has 1 heterocycles. The van der Waals surface area contributed by atoms with Gasteiger partial charge in [-0.1, -0.05) is 168 Å². The second-order valence-corrected chi connectivity index (χ2v) is 14.7. The fourth-order valence-electron chi connectivity index (χ4n) is 6.63. The van der Waals surface area contributed by atoms with Gasteiger partial charge in [0.2, 0.25) is 11.8 Å². The van der Waals surface area contributed by atoms with Gasteiger partial charge in [-0.2, -0.15) is 0 Å². The Labute approximate surface area is 305 Å². The number of unbranched alkanes of at least 4 members (excludes halogenated alkanes) is 24. The third kappa shape index (κ3) is 23.3. The van der Waals surface area contributed by atoms with Crippen LogP contribution < -0.4 is 10.6 Å². The molecule has 0 saturated carbocycles. The molecule has 0 radical (unpaired) electrons. The average Bonchev–Trinajstić information content (AvgIpc) is 3.11. The van der Waals surface area contributed by atoms with Gasteiger partial charge in [-0.05, 0) is 12.8 Å². The molecule has 0 aromatic heterocycles. The van der Waals surface area contributed by atoms with E-state index in [9.17, 15) is 30.0 Å². The van der Waals surface area contributed by atoms with E-state index in [0.717, 1.165) is 38.5 Å². The van der Waals surface area contributed by atoms with Crippen molar-refractivity contribution in [3.8, 4) is 0 Å². The number of aliphatic hydroxyl groups excluding tert-OH is 4. The van der Waals surface area contributed by atoms with Crippen molar-refractivity contribution >= 4 is 11.8 Å². The Hall–Kier alpha value is -1.30. The van der Waals surface area contributed by atoms with Crippen molar-refractivity contribution in [2.24, 2.45) is 0 Å². The van der Waals surface area contributed by atoms with Crippen LogP contribution in [0.1, 0.15) is 187 Å². The molecule has 1 aliphatic rings. The summed E-state index contributed by atoms with van der Waals surface area (Å²) in [6.07, 6.45) is 25.1. The summed E-state index contributed by atoms with van der Waals surface area (Å²) in [6.45, 7) is 4.11. The lowest BCUT2D eigenvalue weighted by Gasteiger charge is -2.39. The maximum Gasteiger partial charge on any atom is 0.244 e. The first-order valence-electron chi connectivity index (χ1n) is 20.8. The Morgan fingerprint density at radius 3 is 1.46 bits per heavy atom. The highest BCUT2D eigenvalue weighted by Crippen LogP contribution is 2.22. The predicted octanol–water partition coefficient (Wildman–Crippen LogP) is 6.98. The van der Waals surface area contributed by atoms with Crippen molar-refractivity contribution in [2.75, 3.05) is 19.8 Å². The van der Waals surface area contributed by atoms with Crippen molar-refractivity contribution in [2.45, 2.75) is 224 Å². The van der Waals surface area contributed by atoms with Crippen molar-refractivity contribution in [3.63, 3.8) is 0 Å². The standard InChI is InChI=1S/C40H78N2O8/c1-3-5-7-9-11-13-15-16-17-18-19-21-23-25-27-29-35(44)42-33(32-49-40-38(47)37(46)36(45)34(31-43)50-40)39(48)41-30-28-26-24-22-20-14-12-10-8-6-4-2/h33-34,36-38,40,43,45-47H,3-32H2,1-2H3,(H,41,48)(H,42,44)/t33-,34+,36-,37-,38+,40-/m0/s1. The maximum absolute atomic E-state index is 13.1. The number of aliphatic hydroxyl groups is 4. The Morgan fingerprint density at radius 2 is 1.02 bits per heavy atom. The van der Waals surface area contributed by atoms with Crippen molar-refractivity contribution < 1.29 is 39.5 Å². The zero-order chi connectivity index (χ0) is 36.7. The quantitative estimate of drug-likeness (QED) is 0.0390. The maximum atomic E-state index is 13.1. The largest absolute Gasteiger partial charge is 0.394 e. The lowest BCUT2D eigenvalue weighted by Crippen LogP contribution is -2.60. The molecule has 10 heteroatoms. The molecular formula is C40H78N2O8. The first-order chi connectivity index (χ1) is 24.3. The van der Waals surface area contributed by atoms with E-state index < -0.39 is 43.4 Å². The van der Waals surface area contributed by atoms with Crippen LogP contribution in [0.2, 0.25) is 0 Å². The lowest BCUT2D eigenvalue weighted by atomic mass is 9.99. The van der Waals surface area contributed by atoms with Gasteiger partial charge in [-0.3, -0.25) is 9.59 Å². The van der Waals surface area contributed by atoms with Crippen LogP contribution >= 0.6 is 0 Å². The van der Waals surface area contributed by atoms with Gasteiger partial charge in [-0.15, -0.1) is 0 Å². The molecule has 1 fully saturated rings. The van der Waals surface area contributed by atoms with Crippen molar-refractivity contribution in [1.29, 1.82) is 0 Å². The molecule has 2 amide bonds. The van der Waals surface area contributed by atoms with Crippen molar-refractivity contribution in [1.82, 2.24) is 10.6 Å². The summed E-state index contributed by atoms with van der Waals surface area (Å²) in [5, 5.41) is 45.7. The molecule has 10 nitrogen and oxygen atoms in total. The van der Waals surface area contributed by atoms with Crippen LogP contribution in [-0.2, 0) is 19.1 Å². The van der Waals surface area contributed by atoms with Crippen LogP contribution in [0.3, 0.4) is 0 Å². The van der Waals surface area contributed by atoms with E-state index in [4.69, 9.17) is 9.47 Å². The third-order valence-corrected chi connectivity index (χ3v) is 10.0. The number of carbonyl (C=O) groups excluding carboxylic acids is 2. The van der Waals surface area contributed by atoms with Gasteiger partial charge in [0, 0.05) is 13.0 Å². The number of hydrogen-bond acceptors (Lipinski definition) is 8. The molecule has 0 spiro atoms. The summed E-state index contributed by atoms with van der Waals surface area (Å²) < 4.78 is 11.1. The van der Waals surface area contributed by atoms with Gasteiger partial charge in [0.15, 0.2) is 6.29 Å². The third-order valence-electron chi connectivity index (χ3n) is 10.0. The number of rotatable bonds is 34. The Bertz CT molecular complexity index is 801. The molecule has 1 aliphatic heterocycles. The smallest absolute Gasteiger partial charge is 0.244 e. The van der Waals surface area contributed by atoms with Gasteiger partial charge in [0.25, 0.3) is 0 Å². The minimum atomic E-state index is -1.58. The summed E-state index contributed by atoms with van der Waals surface area (Å²) in [7, 11) is 0. The number of carbonyl (C=O) groups is 2. The average molecular weight is 715 g/mol. The molecule has 0 bridgehead atoms. The number of amides is 2. The second kappa shape index (κ2) is 32.4. The number of ether oxygens (including phenoxy) is 2. The molecular weight excluding hydrogens is 636 g/mol. The molecule has 6 atom stereocenters. The monoisotopic (exact) mass is 715 g/mol. The van der Waals surface area contributed by atoms with E-state index >= 15 is 0 Å². The molecule has 0 aromatic carbocycles. The summed E-state index contributed by atoms with van der Waals surface area (Å²) in [5.74, 6) is -0.626. The van der Waals surface area contributed by atoms with Crippen LogP contribution in [0.25, 0.3) is 0 Å². The summed E-state index contributed by atoms with van der Waals surface area (Å²) in [6, 6.07) is -1.01. The van der Waals surface area contributed by atoms with Crippen LogP contribution in [0.5, 0.6) is 0 Å². The van der Waals surface area contributed by atoms with Crippen LogP contribution in [-0.4, -0.2) is 88.7 Å². The van der Waals surface area contributed by atoms with Crippen LogP contribution in [0.15, 0.2) is 0 Å². The van der Waals surface area contributed by atoms with E-state index in [2.05, 4.69) is 24.5 Å². The number of hydrogen-bond donors (Lipinski definition) is 6. The van der Waals surface area contributed by atoms with Crippen molar-refractivity contribution in [3.05, 3.63) is 0 Å². The van der Waals surface area contributed by atoms with E-state index in [1.165, 1.54) is 128 Å². The second-order valence-electron chi connectivity index (χ2n) is 14.7. The molecule has 1 saturated heterocycles. The van der Waals surface area contributed by atoms with E-state index in [1.807, 2.05) is 0 Å². The van der Waals surface area contributed by atoms with Crippen LogP contribution in [0, 0.1) is 0 Å². The molecule has 0 aliphatic carbocycles. The fourth-order valence-corrected chi connectivity index (χ4v) is 6.63. The molecule has 1 rings (SSSR count). The molecule has 0 aromatic rings. The van der Waals surface area contributed by atoms with Gasteiger partial charge in [0.1, 0.15) is 30.5 Å². The Kier molecular flexibility index (Phi) is 30.2. The highest BCUT2D eigenvalue weighted by Gasteiger charge is 2.44. The molecule has 296 valence electrons. The van der Waals surface area contributed by atoms with Crippen LogP contribution in [0.4, 0.5) is 0 Å². The van der Waals surface area contributed by atoms with E-state index in [1.54, 1.807) is 0 Å². The number of nitrogens with one attached hydrogen (secondary N) is 2. The van der Waals surface area contributed by atoms with Gasteiger partial charge in [0.05, 0.1) is 13.2 Å². The van der Waals surface area contributed by atoms with E-state index in [0.29, 0.717) is 13.0 Å². The first kappa shape index (κ1) is 46.7. The zero-order valence-corrected chi connectivity index (χ0v) is 32.1. The summed E-state index contributed by atoms with van der Waals surface area (Å²) in [5.41, 5.74) is 0. The highest BCUT2D eigenvalue weighted by atomic mass is 16.7. The van der Waals surface area contributed by atoms with Gasteiger partial charge < -0.3 is 40.5 Å². The lowest BCUT2D eigenvalue weighted by molar-refractivity contribution is -0.301. The topological polar surface area (TPSA) is 158 Å². The van der Waals surface area contributed by atoms with Gasteiger partial charge in [-0.25, -0.2) is 0 Å². The molecule has 50 heavy (non-hydrogen) atoms. The minimum Gasteiger partial charge on any atom is -0.394 e. The minimum absolute atomic E-state index is 0.244. The molecule has 6 N–H and O–H groups in total. The normalized spacial score (nSPS) is 21.3. The molecule has 0 unspecified atom stereocenters. The summed E-state index contributed by atoms with van der Waals surface area (Å²) in [4.78, 5) is 26.0. The van der Waals surface area contributed by atoms with E-state index in [-0.39, 0.29) is 18.4 Å². The Balaban J connectivity index is 2.36. The Morgan fingerprint density at radius 1 is 0.600 bits per heavy atom. The first-order valence-corrected chi connectivity index (χ1v) is 20.8. The summed E-state index contributed by atoms with van der Waals surface area (Å²) >= 11 is 0. The fraction of sp³-hybridized carbons (Fsp3) is 0.950. The highest BCUT2D eigenvalue weighted by molar-refractivity contribution is 5.87. The zero-order valence-electron chi connectivity index (χ0n) is 32.1. The van der Waals surface area contributed by atoms with Gasteiger partial charge >= 0.3 is 0 Å². The SMILES string of the molecule is CCCCCCCCCCCCCCCCCC(=O)N[C@@H](CO[C@H]1O[C@H](CO)[C@H](O)[C@H](O)[C@H]1O)C(=O)NCCCCCCCCCCCCC.